The van der Waals surface area contributed by atoms with Gasteiger partial charge in [0.25, 0.3) is 0 Å². The second-order valence-electron chi connectivity index (χ2n) is 5.56. The summed E-state index contributed by atoms with van der Waals surface area (Å²) in [6.07, 6.45) is 2.53. The van der Waals surface area contributed by atoms with E-state index in [1.165, 1.54) is 0 Å². The van der Waals surface area contributed by atoms with Crippen LogP contribution in [0.25, 0.3) is 0 Å². The van der Waals surface area contributed by atoms with Crippen LogP contribution in [-0.2, 0) is 22.9 Å². The fourth-order valence-electron chi connectivity index (χ4n) is 2.35. The van der Waals surface area contributed by atoms with Gasteiger partial charge in [0.05, 0.1) is 11.3 Å². The second kappa shape index (κ2) is 7.97. The van der Waals surface area contributed by atoms with Gasteiger partial charge in [-0.25, -0.2) is 13.2 Å². The number of aryl methyl sites for hydroxylation is 2. The summed E-state index contributed by atoms with van der Waals surface area (Å²) in [6, 6.07) is 14.3. The van der Waals surface area contributed by atoms with E-state index < -0.39 is 16.0 Å². The quantitative estimate of drug-likeness (QED) is 0.767. The molecule has 0 radical (unpaired) electrons. The van der Waals surface area contributed by atoms with Crippen LogP contribution in [0.3, 0.4) is 0 Å². The van der Waals surface area contributed by atoms with Gasteiger partial charge in [0.15, 0.2) is 0 Å². The molecule has 0 atom stereocenters. The van der Waals surface area contributed by atoms with E-state index in [1.54, 1.807) is 37.3 Å². The van der Waals surface area contributed by atoms with Crippen LogP contribution in [0.4, 0.5) is 5.69 Å². The van der Waals surface area contributed by atoms with Gasteiger partial charge >= 0.3 is 5.97 Å². The summed E-state index contributed by atoms with van der Waals surface area (Å²) in [4.78, 5) is 11.0. The lowest BCUT2D eigenvalue weighted by Gasteiger charge is -2.07. The molecule has 0 aromatic heterocycles. The maximum Gasteiger partial charge on any atom is 0.335 e. The maximum absolute atomic E-state index is 11.5. The highest BCUT2D eigenvalue weighted by Crippen LogP contribution is 2.14. The Balaban J connectivity index is 1.89. The number of hydrogen-bond donors (Lipinski definition) is 2. The van der Waals surface area contributed by atoms with Crippen LogP contribution in [-0.4, -0.2) is 25.2 Å². The molecule has 0 unspecified atom stereocenters. The molecule has 6 heteroatoms. The van der Waals surface area contributed by atoms with Gasteiger partial charge in [-0.05, 0) is 61.6 Å². The zero-order chi connectivity index (χ0) is 17.6. The van der Waals surface area contributed by atoms with Crippen molar-refractivity contribution < 1.29 is 18.3 Å². The molecule has 0 heterocycles. The number of carbonyl (C=O) groups is 1. The number of benzene rings is 2. The van der Waals surface area contributed by atoms with Crippen molar-refractivity contribution in [3.05, 3.63) is 65.2 Å². The van der Waals surface area contributed by atoms with Crippen LogP contribution in [0, 0.1) is 0 Å². The van der Waals surface area contributed by atoms with Gasteiger partial charge in [0.1, 0.15) is 0 Å². The monoisotopic (exact) mass is 347 g/mol. The van der Waals surface area contributed by atoms with E-state index in [0.29, 0.717) is 11.3 Å². The lowest BCUT2D eigenvalue weighted by molar-refractivity contribution is 0.0696. The Hall–Kier alpha value is -2.34. The highest BCUT2D eigenvalue weighted by atomic mass is 32.2. The average molecular weight is 347 g/mol. The van der Waals surface area contributed by atoms with E-state index in [1.807, 2.05) is 18.2 Å². The van der Waals surface area contributed by atoms with Gasteiger partial charge in [0, 0.05) is 5.69 Å². The van der Waals surface area contributed by atoms with Crippen molar-refractivity contribution in [2.45, 2.75) is 26.2 Å². The lowest BCUT2D eigenvalue weighted by atomic mass is 10.0. The summed E-state index contributed by atoms with van der Waals surface area (Å²) >= 11 is 0. The molecule has 2 rings (SSSR count). The standard InChI is InChI=1S/C18H21NO4S/c1-2-24(22,23)19-17-11-9-14(10-12-17)5-3-6-15-7-4-8-16(13-15)18(20)21/h4,7-13,19H,2-3,5-6H2,1H3,(H,20,21). The zero-order valence-corrected chi connectivity index (χ0v) is 14.3. The van der Waals surface area contributed by atoms with Gasteiger partial charge in [-0.2, -0.15) is 0 Å². The summed E-state index contributed by atoms with van der Waals surface area (Å²) in [5, 5.41) is 8.99. The topological polar surface area (TPSA) is 83.5 Å². The Labute approximate surface area is 142 Å². The van der Waals surface area contributed by atoms with Gasteiger partial charge in [0.2, 0.25) is 10.0 Å². The first-order valence-corrected chi connectivity index (χ1v) is 9.46. The molecule has 0 amide bonds. The number of sulfonamides is 1. The summed E-state index contributed by atoms with van der Waals surface area (Å²) in [5.74, 6) is -0.869. The van der Waals surface area contributed by atoms with Crippen molar-refractivity contribution in [2.75, 3.05) is 10.5 Å². The smallest absolute Gasteiger partial charge is 0.335 e. The molecule has 0 fully saturated rings. The molecule has 128 valence electrons. The number of carboxylic acids is 1. The summed E-state index contributed by atoms with van der Waals surface area (Å²) < 4.78 is 25.5. The molecule has 0 saturated heterocycles. The SMILES string of the molecule is CCS(=O)(=O)Nc1ccc(CCCc2cccc(C(=O)O)c2)cc1. The Morgan fingerprint density at radius 2 is 1.71 bits per heavy atom. The predicted molar refractivity (Wildman–Crippen MR) is 95.0 cm³/mol. The third kappa shape index (κ3) is 5.38. The second-order valence-corrected chi connectivity index (χ2v) is 7.57. The van der Waals surface area contributed by atoms with E-state index in [0.717, 1.165) is 30.4 Å². The van der Waals surface area contributed by atoms with Crippen molar-refractivity contribution >= 4 is 21.7 Å². The number of rotatable bonds is 8. The first kappa shape index (κ1) is 18.0. The number of nitrogens with one attached hydrogen (secondary N) is 1. The zero-order valence-electron chi connectivity index (χ0n) is 13.5. The Morgan fingerprint density at radius 3 is 2.33 bits per heavy atom. The van der Waals surface area contributed by atoms with Crippen molar-refractivity contribution in [1.82, 2.24) is 0 Å². The van der Waals surface area contributed by atoms with Crippen molar-refractivity contribution in [1.29, 1.82) is 0 Å². The van der Waals surface area contributed by atoms with Crippen molar-refractivity contribution in [3.8, 4) is 0 Å². The third-order valence-electron chi connectivity index (χ3n) is 3.71. The Morgan fingerprint density at radius 1 is 1.04 bits per heavy atom. The van der Waals surface area contributed by atoms with Gasteiger partial charge < -0.3 is 5.11 Å². The molecule has 0 aliphatic heterocycles. The van der Waals surface area contributed by atoms with E-state index in [9.17, 15) is 13.2 Å². The van der Waals surface area contributed by atoms with Gasteiger partial charge in [-0.1, -0.05) is 24.3 Å². The van der Waals surface area contributed by atoms with Crippen LogP contribution in [0.1, 0.15) is 34.8 Å². The van der Waals surface area contributed by atoms with E-state index in [2.05, 4.69) is 4.72 Å². The van der Waals surface area contributed by atoms with Crippen LogP contribution in [0.5, 0.6) is 0 Å². The van der Waals surface area contributed by atoms with E-state index in [-0.39, 0.29) is 5.75 Å². The fraction of sp³-hybridized carbons (Fsp3) is 0.278. The molecular formula is C18H21NO4S. The largest absolute Gasteiger partial charge is 0.478 e. The minimum Gasteiger partial charge on any atom is -0.478 e. The molecule has 2 aromatic carbocycles. The maximum atomic E-state index is 11.5. The molecular weight excluding hydrogens is 326 g/mol. The van der Waals surface area contributed by atoms with Crippen molar-refractivity contribution in [3.63, 3.8) is 0 Å². The van der Waals surface area contributed by atoms with Gasteiger partial charge in [-0.15, -0.1) is 0 Å². The first-order valence-electron chi connectivity index (χ1n) is 7.81. The third-order valence-corrected chi connectivity index (χ3v) is 5.02. The molecule has 2 aromatic rings. The Bertz CT molecular complexity index is 798. The minimum atomic E-state index is -3.25. The fourth-order valence-corrected chi connectivity index (χ4v) is 2.99. The molecule has 0 aliphatic rings. The van der Waals surface area contributed by atoms with Crippen LogP contribution < -0.4 is 4.72 Å². The van der Waals surface area contributed by atoms with E-state index >= 15 is 0 Å². The first-order chi connectivity index (χ1) is 11.4. The molecule has 0 bridgehead atoms. The van der Waals surface area contributed by atoms with Gasteiger partial charge in [-0.3, -0.25) is 4.72 Å². The average Bonchev–Trinajstić information content (AvgIpc) is 2.56. The number of hydrogen-bond acceptors (Lipinski definition) is 3. The molecule has 5 nitrogen and oxygen atoms in total. The normalized spacial score (nSPS) is 11.2. The lowest BCUT2D eigenvalue weighted by Crippen LogP contribution is -2.14. The molecule has 2 N–H and O–H groups in total. The van der Waals surface area contributed by atoms with Crippen LogP contribution in [0.15, 0.2) is 48.5 Å². The number of carboxylic acid groups (broad SMARTS) is 1. The molecule has 0 spiro atoms. The summed E-state index contributed by atoms with van der Waals surface area (Å²) in [6.45, 7) is 1.59. The minimum absolute atomic E-state index is 0.0458. The number of anilines is 1. The molecule has 0 aliphatic carbocycles. The summed E-state index contributed by atoms with van der Waals surface area (Å²) in [7, 11) is -3.25. The molecule has 24 heavy (non-hydrogen) atoms. The highest BCUT2D eigenvalue weighted by molar-refractivity contribution is 7.92. The van der Waals surface area contributed by atoms with E-state index in [4.69, 9.17) is 5.11 Å². The van der Waals surface area contributed by atoms with Crippen LogP contribution >= 0.6 is 0 Å². The summed E-state index contributed by atoms with van der Waals surface area (Å²) in [5.41, 5.74) is 2.99. The Kier molecular flexibility index (Phi) is 5.98. The number of aromatic carboxylic acids is 1. The predicted octanol–water partition coefficient (Wildman–Crippen LogP) is 3.32. The molecule has 0 saturated carbocycles. The van der Waals surface area contributed by atoms with Crippen molar-refractivity contribution in [2.24, 2.45) is 0 Å². The van der Waals surface area contributed by atoms with Crippen LogP contribution in [0.2, 0.25) is 0 Å². The highest BCUT2D eigenvalue weighted by Gasteiger charge is 2.06.